The Morgan fingerprint density at radius 1 is 1.11 bits per heavy atom. The maximum absolute atomic E-state index is 5.62. The second-order valence-electron chi connectivity index (χ2n) is 6.89. The van der Waals surface area contributed by atoms with Crippen molar-refractivity contribution < 1.29 is 4.74 Å². The van der Waals surface area contributed by atoms with E-state index in [1.165, 1.54) is 58.4 Å². The van der Waals surface area contributed by atoms with Crippen LogP contribution in [0.15, 0.2) is 0 Å². The number of likely N-dealkylation sites (tertiary alicyclic amines) is 2. The summed E-state index contributed by atoms with van der Waals surface area (Å²) in [5, 5.41) is 0. The number of rotatable bonds is 7. The van der Waals surface area contributed by atoms with Crippen molar-refractivity contribution >= 4 is 0 Å². The van der Waals surface area contributed by atoms with Crippen LogP contribution in [0.3, 0.4) is 0 Å². The van der Waals surface area contributed by atoms with Gasteiger partial charge in [-0.2, -0.15) is 0 Å². The molecule has 0 aromatic carbocycles. The monoisotopic (exact) mass is 268 g/mol. The minimum atomic E-state index is 0.391. The number of piperidine rings is 1. The van der Waals surface area contributed by atoms with Crippen LogP contribution in [-0.2, 0) is 4.74 Å². The lowest BCUT2D eigenvalue weighted by molar-refractivity contribution is 0.0617. The summed E-state index contributed by atoms with van der Waals surface area (Å²) < 4.78 is 5.62. The van der Waals surface area contributed by atoms with Gasteiger partial charge in [0.15, 0.2) is 0 Å². The smallest absolute Gasteiger partial charge is 0.0518 e. The summed E-state index contributed by atoms with van der Waals surface area (Å²) in [6, 6.07) is 0. The minimum Gasteiger partial charge on any atom is -0.379 e. The molecule has 0 atom stereocenters. The maximum atomic E-state index is 5.62. The highest BCUT2D eigenvalue weighted by Gasteiger charge is 2.27. The quantitative estimate of drug-likeness (QED) is 0.660. The largest absolute Gasteiger partial charge is 0.379 e. The standard InChI is InChI=1S/C16H32N2O/c1-14(2)19-10-4-5-15-6-8-18(9-7-15)13-16-11-17(3)12-16/h14-16H,4-13H2,1-3H3. The van der Waals surface area contributed by atoms with E-state index >= 15 is 0 Å². The van der Waals surface area contributed by atoms with Gasteiger partial charge < -0.3 is 14.5 Å². The zero-order chi connectivity index (χ0) is 13.7. The van der Waals surface area contributed by atoms with E-state index < -0.39 is 0 Å². The fourth-order valence-electron chi connectivity index (χ4n) is 3.46. The predicted octanol–water partition coefficient (Wildman–Crippen LogP) is 2.47. The van der Waals surface area contributed by atoms with Crippen molar-refractivity contribution in [2.24, 2.45) is 11.8 Å². The van der Waals surface area contributed by atoms with Crippen LogP contribution in [0.4, 0.5) is 0 Å². The fraction of sp³-hybridized carbons (Fsp3) is 1.00. The summed E-state index contributed by atoms with van der Waals surface area (Å²) in [5.74, 6) is 1.90. The first-order chi connectivity index (χ1) is 9.13. The Bertz CT molecular complexity index is 243. The molecular weight excluding hydrogens is 236 g/mol. The molecule has 2 fully saturated rings. The molecule has 0 aromatic heterocycles. The summed E-state index contributed by atoms with van der Waals surface area (Å²) in [4.78, 5) is 5.12. The van der Waals surface area contributed by atoms with Crippen molar-refractivity contribution in [3.05, 3.63) is 0 Å². The van der Waals surface area contributed by atoms with Gasteiger partial charge in [0.25, 0.3) is 0 Å². The van der Waals surface area contributed by atoms with Gasteiger partial charge in [-0.15, -0.1) is 0 Å². The molecule has 3 heteroatoms. The highest BCUT2D eigenvalue weighted by molar-refractivity contribution is 4.82. The average molecular weight is 268 g/mol. The number of hydrogen-bond acceptors (Lipinski definition) is 3. The molecule has 0 radical (unpaired) electrons. The molecule has 0 N–H and O–H groups in total. The van der Waals surface area contributed by atoms with Gasteiger partial charge in [0, 0.05) is 26.2 Å². The second-order valence-corrected chi connectivity index (χ2v) is 6.89. The molecule has 2 rings (SSSR count). The van der Waals surface area contributed by atoms with Gasteiger partial charge in [-0.1, -0.05) is 0 Å². The molecule has 0 bridgehead atoms. The number of ether oxygens (including phenoxy) is 1. The Morgan fingerprint density at radius 3 is 2.37 bits per heavy atom. The summed E-state index contributed by atoms with van der Waals surface area (Å²) in [5.41, 5.74) is 0. The third-order valence-electron chi connectivity index (χ3n) is 4.57. The zero-order valence-corrected chi connectivity index (χ0v) is 13.1. The van der Waals surface area contributed by atoms with Crippen LogP contribution in [-0.4, -0.2) is 62.3 Å². The maximum Gasteiger partial charge on any atom is 0.0518 e. The first-order valence-electron chi connectivity index (χ1n) is 8.16. The van der Waals surface area contributed by atoms with E-state index in [1.54, 1.807) is 0 Å². The fourth-order valence-corrected chi connectivity index (χ4v) is 3.46. The van der Waals surface area contributed by atoms with E-state index in [4.69, 9.17) is 4.74 Å². The van der Waals surface area contributed by atoms with Crippen molar-refractivity contribution in [1.29, 1.82) is 0 Å². The third-order valence-corrected chi connectivity index (χ3v) is 4.57. The minimum absolute atomic E-state index is 0.391. The molecule has 2 aliphatic rings. The van der Waals surface area contributed by atoms with Gasteiger partial charge in [-0.3, -0.25) is 0 Å². The average Bonchev–Trinajstić information content (AvgIpc) is 2.34. The SMILES string of the molecule is CC(C)OCCCC1CCN(CC2CN(C)C2)CC1. The van der Waals surface area contributed by atoms with E-state index in [9.17, 15) is 0 Å². The van der Waals surface area contributed by atoms with E-state index in [1.807, 2.05) is 0 Å². The van der Waals surface area contributed by atoms with Gasteiger partial charge in [-0.05, 0) is 71.5 Å². The zero-order valence-electron chi connectivity index (χ0n) is 13.1. The molecular formula is C16H32N2O. The van der Waals surface area contributed by atoms with Crippen molar-refractivity contribution in [2.75, 3.05) is 46.4 Å². The second kappa shape index (κ2) is 7.61. The molecule has 0 amide bonds. The van der Waals surface area contributed by atoms with Crippen molar-refractivity contribution in [1.82, 2.24) is 9.80 Å². The highest BCUT2D eigenvalue weighted by atomic mass is 16.5. The summed E-state index contributed by atoms with van der Waals surface area (Å²) in [6.45, 7) is 11.8. The molecule has 0 aromatic rings. The highest BCUT2D eigenvalue weighted by Crippen LogP contribution is 2.24. The van der Waals surface area contributed by atoms with Gasteiger partial charge >= 0.3 is 0 Å². The van der Waals surface area contributed by atoms with Crippen molar-refractivity contribution in [3.8, 4) is 0 Å². The molecule has 0 spiro atoms. The van der Waals surface area contributed by atoms with Crippen LogP contribution in [0.25, 0.3) is 0 Å². The van der Waals surface area contributed by atoms with Crippen LogP contribution in [0.1, 0.15) is 39.5 Å². The molecule has 0 saturated carbocycles. The predicted molar refractivity (Wildman–Crippen MR) is 80.5 cm³/mol. The van der Waals surface area contributed by atoms with Gasteiger partial charge in [0.05, 0.1) is 6.10 Å². The van der Waals surface area contributed by atoms with E-state index in [0.29, 0.717) is 6.10 Å². The molecule has 2 heterocycles. The topological polar surface area (TPSA) is 15.7 Å². The van der Waals surface area contributed by atoms with E-state index in [0.717, 1.165) is 18.4 Å². The van der Waals surface area contributed by atoms with Crippen LogP contribution in [0, 0.1) is 11.8 Å². The van der Waals surface area contributed by atoms with Crippen molar-refractivity contribution in [2.45, 2.75) is 45.6 Å². The lowest BCUT2D eigenvalue weighted by Crippen LogP contribution is -2.50. The number of nitrogens with zero attached hydrogens (tertiary/aromatic N) is 2. The molecule has 0 unspecified atom stereocenters. The molecule has 19 heavy (non-hydrogen) atoms. The van der Waals surface area contributed by atoms with Gasteiger partial charge in [0.1, 0.15) is 0 Å². The molecule has 2 saturated heterocycles. The number of hydrogen-bond donors (Lipinski definition) is 0. The molecule has 112 valence electrons. The first kappa shape index (κ1) is 15.3. The van der Waals surface area contributed by atoms with E-state index in [2.05, 4.69) is 30.7 Å². The summed E-state index contributed by atoms with van der Waals surface area (Å²) in [6.07, 6.45) is 5.82. The van der Waals surface area contributed by atoms with Gasteiger partial charge in [-0.25, -0.2) is 0 Å². The normalized spacial score (nSPS) is 24.0. The van der Waals surface area contributed by atoms with Crippen LogP contribution in [0.5, 0.6) is 0 Å². The Balaban J connectivity index is 1.50. The third kappa shape index (κ3) is 5.41. The lowest BCUT2D eigenvalue weighted by Gasteiger charge is -2.41. The summed E-state index contributed by atoms with van der Waals surface area (Å²) >= 11 is 0. The Labute approximate surface area is 119 Å². The molecule has 0 aliphatic carbocycles. The molecule has 3 nitrogen and oxygen atoms in total. The van der Waals surface area contributed by atoms with Crippen LogP contribution >= 0.6 is 0 Å². The Hall–Kier alpha value is -0.120. The Morgan fingerprint density at radius 2 is 1.79 bits per heavy atom. The lowest BCUT2D eigenvalue weighted by atomic mass is 9.91. The van der Waals surface area contributed by atoms with Crippen molar-refractivity contribution in [3.63, 3.8) is 0 Å². The Kier molecular flexibility index (Phi) is 6.11. The van der Waals surface area contributed by atoms with Gasteiger partial charge in [0.2, 0.25) is 0 Å². The molecule has 2 aliphatic heterocycles. The van der Waals surface area contributed by atoms with Crippen LogP contribution in [0.2, 0.25) is 0 Å². The van der Waals surface area contributed by atoms with E-state index in [-0.39, 0.29) is 0 Å². The summed E-state index contributed by atoms with van der Waals surface area (Å²) in [7, 11) is 2.22. The van der Waals surface area contributed by atoms with Crippen LogP contribution < -0.4 is 0 Å². The first-order valence-corrected chi connectivity index (χ1v) is 8.16.